The summed E-state index contributed by atoms with van der Waals surface area (Å²) in [7, 11) is 0. The second-order valence-corrected chi connectivity index (χ2v) is 19.1. The van der Waals surface area contributed by atoms with E-state index in [1.54, 1.807) is 0 Å². The van der Waals surface area contributed by atoms with Gasteiger partial charge in [-0.05, 0) is 95.8 Å². The van der Waals surface area contributed by atoms with Crippen LogP contribution in [0.3, 0.4) is 0 Å². The van der Waals surface area contributed by atoms with Gasteiger partial charge in [0.15, 0.2) is 11.6 Å². The topological polar surface area (TPSA) is 46.8 Å². The molecule has 1 unspecified atom stereocenters. The van der Waals surface area contributed by atoms with Crippen LogP contribution in [0.1, 0.15) is 112 Å². The van der Waals surface area contributed by atoms with Crippen LogP contribution in [0, 0.1) is 5.92 Å². The Morgan fingerprint density at radius 3 is 1.90 bits per heavy atom. The molecule has 0 saturated heterocycles. The van der Waals surface area contributed by atoms with Crippen molar-refractivity contribution in [1.82, 2.24) is 19.5 Å². The molecular weight excluding hydrogens is 839 g/mol. The number of para-hydroxylation sites is 3. The highest BCUT2D eigenvalue weighted by Crippen LogP contribution is 2.59. The molecule has 1 aliphatic heterocycles. The Bertz CT molecular complexity index is 3240. The maximum atomic E-state index is 5.49. The van der Waals surface area contributed by atoms with Crippen LogP contribution in [0.15, 0.2) is 194 Å². The summed E-state index contributed by atoms with van der Waals surface area (Å²) >= 11 is 0. The molecular formula is C64H61N5. The van der Waals surface area contributed by atoms with Gasteiger partial charge >= 0.3 is 0 Å². The molecule has 2 aliphatic rings. The number of anilines is 3. The molecule has 5 nitrogen and oxygen atoms in total. The van der Waals surface area contributed by atoms with Gasteiger partial charge in [0.1, 0.15) is 0 Å². The van der Waals surface area contributed by atoms with Crippen molar-refractivity contribution in [3.63, 3.8) is 0 Å². The Hall–Kier alpha value is -7.37. The Morgan fingerprint density at radius 1 is 0.536 bits per heavy atom. The van der Waals surface area contributed by atoms with Crippen molar-refractivity contribution in [3.8, 4) is 17.3 Å². The second kappa shape index (κ2) is 19.7. The van der Waals surface area contributed by atoms with Crippen LogP contribution in [-0.2, 0) is 11.8 Å². The first-order valence-corrected chi connectivity index (χ1v) is 25.5. The van der Waals surface area contributed by atoms with Crippen molar-refractivity contribution >= 4 is 44.4 Å². The lowest BCUT2D eigenvalue weighted by atomic mass is 9.62. The predicted octanol–water partition coefficient (Wildman–Crippen LogP) is 16.9. The maximum absolute atomic E-state index is 5.49. The fraction of sp³-hybridized carbons (Fsp3) is 0.234. The summed E-state index contributed by atoms with van der Waals surface area (Å²) in [6, 6.07) is 64.6. The number of aryl methyl sites for hydroxylation is 1. The molecule has 0 bridgehead atoms. The zero-order valence-electron chi connectivity index (χ0n) is 40.1. The Balaban J connectivity index is 1.15. The lowest BCUT2D eigenvalue weighted by molar-refractivity contribution is 0.532. The van der Waals surface area contributed by atoms with Gasteiger partial charge in [0, 0.05) is 27.6 Å². The molecule has 5 heteroatoms. The van der Waals surface area contributed by atoms with Gasteiger partial charge < -0.3 is 4.90 Å². The van der Waals surface area contributed by atoms with Crippen LogP contribution in [0.25, 0.3) is 44.7 Å². The Morgan fingerprint density at radius 2 is 1.19 bits per heavy atom. The third kappa shape index (κ3) is 8.28. The van der Waals surface area contributed by atoms with E-state index in [0.29, 0.717) is 23.5 Å². The van der Waals surface area contributed by atoms with E-state index in [0.717, 1.165) is 62.8 Å². The van der Waals surface area contributed by atoms with Crippen molar-refractivity contribution in [2.75, 3.05) is 4.90 Å². The number of nitrogens with zero attached hydrogens (tertiary/aromatic N) is 5. The first kappa shape index (κ1) is 44.2. The summed E-state index contributed by atoms with van der Waals surface area (Å²) in [6.45, 7) is 4.55. The van der Waals surface area contributed by atoms with Crippen LogP contribution in [0.2, 0.25) is 0 Å². The van der Waals surface area contributed by atoms with Crippen LogP contribution in [0.5, 0.6) is 0 Å². The number of allylic oxidation sites excluding steroid dienone is 4. The van der Waals surface area contributed by atoms with Crippen LogP contribution >= 0.6 is 0 Å². The van der Waals surface area contributed by atoms with Gasteiger partial charge in [-0.25, -0.2) is 4.98 Å². The van der Waals surface area contributed by atoms with Crippen molar-refractivity contribution in [1.29, 1.82) is 0 Å². The zero-order chi connectivity index (χ0) is 46.6. The zero-order valence-corrected chi connectivity index (χ0v) is 40.1. The van der Waals surface area contributed by atoms with Gasteiger partial charge in [0.2, 0.25) is 5.95 Å². The average molecular weight is 900 g/mol. The largest absolute Gasteiger partial charge is 0.310 e. The van der Waals surface area contributed by atoms with E-state index < -0.39 is 5.41 Å². The fourth-order valence-corrected chi connectivity index (χ4v) is 11.2. The molecule has 7 aromatic carbocycles. The molecule has 11 rings (SSSR count). The fourth-order valence-electron chi connectivity index (χ4n) is 11.2. The summed E-state index contributed by atoms with van der Waals surface area (Å²) in [5.74, 6) is 2.53. The molecule has 0 spiro atoms. The van der Waals surface area contributed by atoms with Gasteiger partial charge in [0.05, 0.1) is 27.8 Å². The highest BCUT2D eigenvalue weighted by atomic mass is 15.2. The predicted molar refractivity (Wildman–Crippen MR) is 288 cm³/mol. The number of aromatic nitrogens is 4. The molecule has 1 atom stereocenters. The van der Waals surface area contributed by atoms with E-state index in [1.165, 1.54) is 85.6 Å². The van der Waals surface area contributed by atoms with E-state index in [2.05, 4.69) is 217 Å². The molecule has 0 N–H and O–H groups in total. The number of benzene rings is 7. The molecule has 0 saturated carbocycles. The molecule has 342 valence electrons. The molecule has 2 aromatic heterocycles. The highest BCUT2D eigenvalue weighted by Gasteiger charge is 2.47. The van der Waals surface area contributed by atoms with Gasteiger partial charge in [-0.3, -0.25) is 4.57 Å². The van der Waals surface area contributed by atoms with Crippen molar-refractivity contribution in [2.45, 2.75) is 89.9 Å². The maximum Gasteiger partial charge on any atom is 0.238 e. The number of rotatable bonds is 16. The second-order valence-electron chi connectivity index (χ2n) is 19.1. The Labute approximate surface area is 408 Å². The van der Waals surface area contributed by atoms with Crippen molar-refractivity contribution in [3.05, 3.63) is 228 Å². The molecule has 69 heavy (non-hydrogen) atoms. The summed E-state index contributed by atoms with van der Waals surface area (Å²) in [6.07, 6.45) is 20.4. The normalized spacial score (nSPS) is 15.0. The van der Waals surface area contributed by atoms with E-state index in [-0.39, 0.29) is 0 Å². The van der Waals surface area contributed by atoms with Crippen LogP contribution in [0.4, 0.5) is 17.1 Å². The third-order valence-electron chi connectivity index (χ3n) is 14.6. The molecule has 0 amide bonds. The quantitative estimate of drug-likeness (QED) is 0.0907. The minimum Gasteiger partial charge on any atom is -0.310 e. The Kier molecular flexibility index (Phi) is 12.6. The minimum absolute atomic E-state index is 0.537. The summed E-state index contributed by atoms with van der Waals surface area (Å²) < 4.78 is 2.31. The lowest BCUT2D eigenvalue weighted by Gasteiger charge is -2.46. The van der Waals surface area contributed by atoms with Crippen LogP contribution < -0.4 is 4.90 Å². The molecule has 0 radical (unpaired) electrons. The van der Waals surface area contributed by atoms with E-state index >= 15 is 0 Å². The number of fused-ring (bicyclic) bond motifs is 5. The smallest absolute Gasteiger partial charge is 0.238 e. The highest BCUT2D eigenvalue weighted by molar-refractivity contribution is 6.12. The minimum atomic E-state index is -0.673. The molecule has 1 aliphatic carbocycles. The van der Waals surface area contributed by atoms with E-state index in [9.17, 15) is 0 Å². The van der Waals surface area contributed by atoms with Crippen molar-refractivity contribution < 1.29 is 0 Å². The number of hydrogen-bond acceptors (Lipinski definition) is 4. The standard InChI is InChI=1S/C64H61N5/c1-3-5-7-12-24-46-36-40-48(41-37-46)61-65-62(49-42-38-47(39-43-49)25-13-8-6-4-2)67-63(66-61)69-57-34-22-20-32-53(57)54-44-60-56(45-59(54)69)64(50-26-14-9-15-27-50,51-28-16-10-17-29-51)55-33-21-23-35-58(55)68(60)52-30-18-11-19-31-52/h9-11,14-23,26-38,40-45,47H,3-8,12-13,24-25,39H2,1-2H3. The number of hydrogen-bond donors (Lipinski definition) is 0. The number of unbranched alkanes of at least 4 members (excludes halogenated alkanes) is 6. The van der Waals surface area contributed by atoms with Crippen molar-refractivity contribution in [2.24, 2.45) is 5.92 Å². The molecule has 3 heterocycles. The van der Waals surface area contributed by atoms with Gasteiger partial charge in [-0.1, -0.05) is 217 Å². The van der Waals surface area contributed by atoms with Crippen LogP contribution in [-0.4, -0.2) is 19.5 Å². The first-order valence-electron chi connectivity index (χ1n) is 25.5. The average Bonchev–Trinajstić information content (AvgIpc) is 3.74. The monoisotopic (exact) mass is 899 g/mol. The first-order chi connectivity index (χ1) is 34.1. The molecule has 0 fully saturated rings. The SMILES string of the molecule is CCCCCCc1ccc(-c2nc(C3=CCC(CCCCCC)C=C3)nc(-n3c4ccccc4c4cc5c(cc43)C(c3ccccc3)(c3ccccc3)c3ccccc3N5c3ccccc3)n2)cc1. The van der Waals surface area contributed by atoms with Gasteiger partial charge in [-0.2, -0.15) is 9.97 Å². The lowest BCUT2D eigenvalue weighted by Crippen LogP contribution is -2.37. The van der Waals surface area contributed by atoms with Gasteiger partial charge in [0.25, 0.3) is 0 Å². The summed E-state index contributed by atoms with van der Waals surface area (Å²) in [4.78, 5) is 18.7. The van der Waals surface area contributed by atoms with Gasteiger partial charge in [-0.15, -0.1) is 0 Å². The van der Waals surface area contributed by atoms with E-state index in [4.69, 9.17) is 15.0 Å². The molecule has 9 aromatic rings. The summed E-state index contributed by atoms with van der Waals surface area (Å²) in [5, 5.41) is 2.28. The van der Waals surface area contributed by atoms with E-state index in [1.807, 2.05) is 0 Å². The third-order valence-corrected chi connectivity index (χ3v) is 14.6. The summed E-state index contributed by atoms with van der Waals surface area (Å²) in [5.41, 5.74) is 13.0.